The number of hydrogen-bond acceptors (Lipinski definition) is 5. The average molecular weight is 340 g/mol. The van der Waals surface area contributed by atoms with Crippen LogP contribution in [0, 0.1) is 5.82 Å². The Kier molecular flexibility index (Phi) is 3.81. The number of amides is 1. The predicted molar refractivity (Wildman–Crippen MR) is 85.6 cm³/mol. The van der Waals surface area contributed by atoms with Crippen LogP contribution >= 0.6 is 0 Å². The maximum atomic E-state index is 13.3. The van der Waals surface area contributed by atoms with E-state index in [-0.39, 0.29) is 18.4 Å². The van der Waals surface area contributed by atoms with Crippen LogP contribution in [0.25, 0.3) is 11.3 Å². The molecule has 4 rings (SSSR count). The van der Waals surface area contributed by atoms with Crippen LogP contribution in [-0.4, -0.2) is 17.9 Å². The second kappa shape index (κ2) is 6.27. The number of nitrogens with zero attached hydrogens (tertiary/aromatic N) is 1. The summed E-state index contributed by atoms with van der Waals surface area (Å²) < 4.78 is 28.9. The minimum absolute atomic E-state index is 0.0556. The third-order valence-corrected chi connectivity index (χ3v) is 3.74. The summed E-state index contributed by atoms with van der Waals surface area (Å²) in [6.45, 7) is 0.498. The molecule has 1 N–H and O–H groups in total. The molecule has 0 fully saturated rings. The fourth-order valence-corrected chi connectivity index (χ4v) is 2.49. The van der Waals surface area contributed by atoms with E-state index in [0.29, 0.717) is 29.3 Å². The SMILES string of the molecule is O=C(NCc1ccc2c(c1)OCO2)c1cc(-c2cccc(F)c2)no1. The van der Waals surface area contributed by atoms with Crippen LogP contribution in [0.5, 0.6) is 11.5 Å². The topological polar surface area (TPSA) is 73.6 Å². The number of carbonyl (C=O) groups is 1. The molecule has 1 aliphatic heterocycles. The molecule has 0 aliphatic carbocycles. The van der Waals surface area contributed by atoms with Gasteiger partial charge in [0, 0.05) is 18.2 Å². The lowest BCUT2D eigenvalue weighted by Crippen LogP contribution is -2.22. The van der Waals surface area contributed by atoms with Gasteiger partial charge >= 0.3 is 0 Å². The standard InChI is InChI=1S/C18H13FN2O4/c19-13-3-1-2-12(7-13)14-8-17(25-21-14)18(22)20-9-11-4-5-15-16(6-11)24-10-23-15/h1-8H,9-10H2,(H,20,22). The number of hydrogen-bond donors (Lipinski definition) is 1. The van der Waals surface area contributed by atoms with Gasteiger partial charge < -0.3 is 19.3 Å². The van der Waals surface area contributed by atoms with Crippen LogP contribution < -0.4 is 14.8 Å². The van der Waals surface area contributed by atoms with Crippen molar-refractivity contribution >= 4 is 5.91 Å². The lowest BCUT2D eigenvalue weighted by Gasteiger charge is -2.04. The molecule has 0 saturated heterocycles. The number of rotatable bonds is 4. The highest BCUT2D eigenvalue weighted by atomic mass is 19.1. The van der Waals surface area contributed by atoms with Crippen molar-refractivity contribution in [2.45, 2.75) is 6.54 Å². The molecule has 1 amide bonds. The molecule has 126 valence electrons. The van der Waals surface area contributed by atoms with E-state index in [2.05, 4.69) is 10.5 Å². The van der Waals surface area contributed by atoms with Gasteiger partial charge in [-0.05, 0) is 29.8 Å². The van der Waals surface area contributed by atoms with Crippen molar-refractivity contribution in [3.05, 3.63) is 65.7 Å². The van der Waals surface area contributed by atoms with Crippen molar-refractivity contribution in [1.82, 2.24) is 10.5 Å². The van der Waals surface area contributed by atoms with Crippen molar-refractivity contribution in [2.75, 3.05) is 6.79 Å². The van der Waals surface area contributed by atoms with Gasteiger partial charge in [0.1, 0.15) is 11.5 Å². The molecule has 0 spiro atoms. The zero-order valence-electron chi connectivity index (χ0n) is 13.0. The average Bonchev–Trinajstić information content (AvgIpc) is 3.28. The van der Waals surface area contributed by atoms with Gasteiger partial charge in [-0.1, -0.05) is 23.4 Å². The van der Waals surface area contributed by atoms with Gasteiger partial charge in [0.05, 0.1) is 0 Å². The second-order valence-corrected chi connectivity index (χ2v) is 5.46. The van der Waals surface area contributed by atoms with Crippen LogP contribution in [-0.2, 0) is 6.54 Å². The highest BCUT2D eigenvalue weighted by Crippen LogP contribution is 2.32. The Morgan fingerprint density at radius 3 is 2.88 bits per heavy atom. The molecule has 2 aromatic carbocycles. The van der Waals surface area contributed by atoms with Gasteiger partial charge in [0.15, 0.2) is 11.5 Å². The van der Waals surface area contributed by atoms with Crippen LogP contribution in [0.15, 0.2) is 53.1 Å². The molecule has 25 heavy (non-hydrogen) atoms. The molecule has 1 aliphatic rings. The molecular weight excluding hydrogens is 327 g/mol. The van der Waals surface area contributed by atoms with E-state index in [0.717, 1.165) is 5.56 Å². The number of benzene rings is 2. The summed E-state index contributed by atoms with van der Waals surface area (Å²) in [6.07, 6.45) is 0. The third kappa shape index (κ3) is 3.16. The first-order valence-corrected chi connectivity index (χ1v) is 7.58. The first-order chi connectivity index (χ1) is 12.2. The second-order valence-electron chi connectivity index (χ2n) is 5.46. The molecule has 0 unspecified atom stereocenters. The third-order valence-electron chi connectivity index (χ3n) is 3.74. The van der Waals surface area contributed by atoms with E-state index in [9.17, 15) is 9.18 Å². The minimum atomic E-state index is -0.409. The molecule has 6 nitrogen and oxygen atoms in total. The number of fused-ring (bicyclic) bond motifs is 1. The van der Waals surface area contributed by atoms with Crippen molar-refractivity contribution in [1.29, 1.82) is 0 Å². The summed E-state index contributed by atoms with van der Waals surface area (Å²) in [4.78, 5) is 12.2. The smallest absolute Gasteiger partial charge is 0.290 e. The van der Waals surface area contributed by atoms with Crippen molar-refractivity contribution in [2.24, 2.45) is 0 Å². The largest absolute Gasteiger partial charge is 0.454 e. The van der Waals surface area contributed by atoms with E-state index < -0.39 is 5.91 Å². The van der Waals surface area contributed by atoms with Crippen LogP contribution in [0.1, 0.15) is 16.1 Å². The summed E-state index contributed by atoms with van der Waals surface area (Å²) in [6, 6.07) is 12.8. The Hall–Kier alpha value is -3.35. The summed E-state index contributed by atoms with van der Waals surface area (Å²) in [5.41, 5.74) is 1.80. The number of aromatic nitrogens is 1. The van der Waals surface area contributed by atoms with E-state index in [4.69, 9.17) is 14.0 Å². The lowest BCUT2D eigenvalue weighted by molar-refractivity contribution is 0.0914. The summed E-state index contributed by atoms with van der Waals surface area (Å²) in [5, 5.41) is 6.55. The van der Waals surface area contributed by atoms with Crippen molar-refractivity contribution in [3.8, 4) is 22.8 Å². The highest BCUT2D eigenvalue weighted by molar-refractivity contribution is 5.92. The Bertz CT molecular complexity index is 938. The quantitative estimate of drug-likeness (QED) is 0.790. The van der Waals surface area contributed by atoms with E-state index in [1.54, 1.807) is 24.3 Å². The first-order valence-electron chi connectivity index (χ1n) is 7.58. The van der Waals surface area contributed by atoms with Gasteiger partial charge in [-0.25, -0.2) is 4.39 Å². The Labute approximate surface area is 142 Å². The van der Waals surface area contributed by atoms with Gasteiger partial charge in [-0.3, -0.25) is 4.79 Å². The fourth-order valence-electron chi connectivity index (χ4n) is 2.49. The maximum absolute atomic E-state index is 13.3. The van der Waals surface area contributed by atoms with E-state index >= 15 is 0 Å². The first kappa shape index (κ1) is 15.2. The maximum Gasteiger partial charge on any atom is 0.290 e. The highest BCUT2D eigenvalue weighted by Gasteiger charge is 2.16. The normalized spacial score (nSPS) is 12.2. The monoisotopic (exact) mass is 340 g/mol. The van der Waals surface area contributed by atoms with Gasteiger partial charge in [-0.15, -0.1) is 0 Å². The zero-order valence-corrected chi connectivity index (χ0v) is 13.0. The van der Waals surface area contributed by atoms with Gasteiger partial charge in [-0.2, -0.15) is 0 Å². The number of nitrogens with one attached hydrogen (secondary N) is 1. The predicted octanol–water partition coefficient (Wildman–Crippen LogP) is 3.14. The lowest BCUT2D eigenvalue weighted by atomic mass is 10.1. The Morgan fingerprint density at radius 1 is 1.12 bits per heavy atom. The van der Waals surface area contributed by atoms with Crippen molar-refractivity contribution < 1.29 is 23.2 Å². The Balaban J connectivity index is 1.43. The molecule has 1 aromatic heterocycles. The summed E-state index contributed by atoms with van der Waals surface area (Å²) in [7, 11) is 0. The molecule has 0 atom stereocenters. The molecule has 7 heteroatoms. The molecule has 0 radical (unpaired) electrons. The van der Waals surface area contributed by atoms with Crippen LogP contribution in [0.3, 0.4) is 0 Å². The van der Waals surface area contributed by atoms with E-state index in [1.165, 1.54) is 18.2 Å². The van der Waals surface area contributed by atoms with E-state index in [1.807, 2.05) is 6.07 Å². The summed E-state index contributed by atoms with van der Waals surface area (Å²) in [5.74, 6) is 0.604. The summed E-state index contributed by atoms with van der Waals surface area (Å²) >= 11 is 0. The molecule has 3 aromatic rings. The molecular formula is C18H13FN2O4. The van der Waals surface area contributed by atoms with Gasteiger partial charge in [0.2, 0.25) is 12.6 Å². The van der Waals surface area contributed by atoms with Crippen LogP contribution in [0.2, 0.25) is 0 Å². The van der Waals surface area contributed by atoms with Crippen LogP contribution in [0.4, 0.5) is 4.39 Å². The zero-order chi connectivity index (χ0) is 17.2. The molecule has 0 saturated carbocycles. The number of ether oxygens (including phenoxy) is 2. The number of carbonyl (C=O) groups excluding carboxylic acids is 1. The Morgan fingerprint density at radius 2 is 2.00 bits per heavy atom. The van der Waals surface area contributed by atoms with Crippen molar-refractivity contribution in [3.63, 3.8) is 0 Å². The van der Waals surface area contributed by atoms with Gasteiger partial charge in [0.25, 0.3) is 5.91 Å². The molecule has 0 bridgehead atoms. The fraction of sp³-hybridized carbons (Fsp3) is 0.111. The minimum Gasteiger partial charge on any atom is -0.454 e. The number of halogens is 1. The molecule has 2 heterocycles.